The molecule has 1 aromatic heterocycles. The second-order valence-electron chi connectivity index (χ2n) is 3.41. The lowest BCUT2D eigenvalue weighted by Crippen LogP contribution is -1.99. The van der Waals surface area contributed by atoms with Crippen LogP contribution < -0.4 is 10.5 Å². The van der Waals surface area contributed by atoms with Crippen LogP contribution in [0.25, 0.3) is 11.3 Å². The summed E-state index contributed by atoms with van der Waals surface area (Å²) in [4.78, 5) is 3.95. The number of benzene rings is 1. The highest BCUT2D eigenvalue weighted by atomic mass is 19.1. The Bertz CT molecular complexity index is 522. The van der Waals surface area contributed by atoms with Crippen molar-refractivity contribution in [2.75, 3.05) is 12.8 Å². The normalized spacial score (nSPS) is 10.4. The van der Waals surface area contributed by atoms with Gasteiger partial charge < -0.3 is 15.0 Å². The summed E-state index contributed by atoms with van der Waals surface area (Å²) in [5.74, 6) is 0.213. The minimum absolute atomic E-state index is 0.221. The molecule has 0 atom stereocenters. The van der Waals surface area contributed by atoms with Crippen molar-refractivity contribution in [1.29, 1.82) is 0 Å². The van der Waals surface area contributed by atoms with E-state index in [4.69, 9.17) is 10.5 Å². The highest BCUT2D eigenvalue weighted by molar-refractivity contribution is 5.62. The molecule has 0 aliphatic heterocycles. The van der Waals surface area contributed by atoms with Crippen molar-refractivity contribution >= 4 is 5.95 Å². The molecule has 0 saturated heterocycles. The lowest BCUT2D eigenvalue weighted by Gasteiger charge is -2.06. The smallest absolute Gasteiger partial charge is 0.200 e. The number of nitrogen functional groups attached to an aromatic ring is 1. The van der Waals surface area contributed by atoms with Gasteiger partial charge in [0.2, 0.25) is 0 Å². The van der Waals surface area contributed by atoms with Gasteiger partial charge in [-0.15, -0.1) is 0 Å². The summed E-state index contributed by atoms with van der Waals surface area (Å²) in [5, 5.41) is 0. The fraction of sp³-hybridized carbons (Fsp3) is 0.182. The molecular formula is C11H12FN3O. The molecule has 1 aromatic carbocycles. The molecule has 0 amide bonds. The largest absolute Gasteiger partial charge is 0.494 e. The lowest BCUT2D eigenvalue weighted by molar-refractivity contribution is 0.386. The van der Waals surface area contributed by atoms with E-state index in [2.05, 4.69) is 4.98 Å². The first kappa shape index (κ1) is 10.5. The van der Waals surface area contributed by atoms with Crippen LogP contribution in [0.15, 0.2) is 24.4 Å². The van der Waals surface area contributed by atoms with Crippen LogP contribution in [0.5, 0.6) is 5.75 Å². The molecule has 0 bridgehead atoms. The van der Waals surface area contributed by atoms with Gasteiger partial charge in [-0.1, -0.05) is 0 Å². The number of halogens is 1. The maximum atomic E-state index is 13.5. The monoisotopic (exact) mass is 221 g/mol. The summed E-state index contributed by atoms with van der Waals surface area (Å²) < 4.78 is 20.0. The van der Waals surface area contributed by atoms with Gasteiger partial charge in [0.25, 0.3) is 0 Å². The Balaban J connectivity index is 2.49. The van der Waals surface area contributed by atoms with E-state index in [1.54, 1.807) is 29.9 Å². The summed E-state index contributed by atoms with van der Waals surface area (Å²) in [6.07, 6.45) is 1.61. The van der Waals surface area contributed by atoms with Crippen molar-refractivity contribution in [2.45, 2.75) is 0 Å². The number of anilines is 1. The van der Waals surface area contributed by atoms with Gasteiger partial charge in [0.1, 0.15) is 0 Å². The van der Waals surface area contributed by atoms with E-state index in [9.17, 15) is 4.39 Å². The summed E-state index contributed by atoms with van der Waals surface area (Å²) in [6.45, 7) is 0. The molecule has 2 rings (SSSR count). The predicted octanol–water partition coefficient (Wildman–Crippen LogP) is 1.82. The standard InChI is InChI=1S/C11H12FN3O/c1-15-9(6-14-11(15)13)7-3-4-10(16-2)8(12)5-7/h3-6H,1-2H3,(H2,13,14). The van der Waals surface area contributed by atoms with Gasteiger partial charge in [0, 0.05) is 12.6 Å². The molecule has 1 heterocycles. The van der Waals surface area contributed by atoms with Crippen molar-refractivity contribution in [3.63, 3.8) is 0 Å². The van der Waals surface area contributed by atoms with Gasteiger partial charge in [-0.25, -0.2) is 9.37 Å². The van der Waals surface area contributed by atoms with Crippen LogP contribution in [0, 0.1) is 5.82 Å². The Morgan fingerprint density at radius 2 is 2.19 bits per heavy atom. The zero-order chi connectivity index (χ0) is 11.7. The Morgan fingerprint density at radius 3 is 2.69 bits per heavy atom. The van der Waals surface area contributed by atoms with E-state index in [1.807, 2.05) is 0 Å². The van der Waals surface area contributed by atoms with Crippen molar-refractivity contribution in [3.05, 3.63) is 30.2 Å². The predicted molar refractivity (Wildman–Crippen MR) is 59.6 cm³/mol. The van der Waals surface area contributed by atoms with Crippen LogP contribution in [-0.4, -0.2) is 16.7 Å². The van der Waals surface area contributed by atoms with Crippen molar-refractivity contribution in [2.24, 2.45) is 7.05 Å². The van der Waals surface area contributed by atoms with Crippen LogP contribution in [0.1, 0.15) is 0 Å². The summed E-state index contributed by atoms with van der Waals surface area (Å²) in [5.41, 5.74) is 7.08. The molecule has 2 N–H and O–H groups in total. The van der Waals surface area contributed by atoms with Gasteiger partial charge >= 0.3 is 0 Å². The average Bonchev–Trinajstić information content (AvgIpc) is 2.60. The third kappa shape index (κ3) is 1.60. The third-order valence-corrected chi connectivity index (χ3v) is 2.47. The molecule has 5 heteroatoms. The summed E-state index contributed by atoms with van der Waals surface area (Å²) in [6, 6.07) is 4.74. The first-order valence-electron chi connectivity index (χ1n) is 4.74. The molecule has 0 aliphatic carbocycles. The number of ether oxygens (including phenoxy) is 1. The lowest BCUT2D eigenvalue weighted by atomic mass is 10.1. The van der Waals surface area contributed by atoms with Gasteiger partial charge in [-0.2, -0.15) is 0 Å². The minimum Gasteiger partial charge on any atom is -0.494 e. The fourth-order valence-electron chi connectivity index (χ4n) is 1.52. The van der Waals surface area contributed by atoms with E-state index in [0.717, 1.165) is 5.69 Å². The van der Waals surface area contributed by atoms with Crippen LogP contribution in [0.4, 0.5) is 10.3 Å². The molecular weight excluding hydrogens is 209 g/mol. The molecule has 2 aromatic rings. The Hall–Kier alpha value is -2.04. The topological polar surface area (TPSA) is 53.1 Å². The zero-order valence-corrected chi connectivity index (χ0v) is 9.07. The van der Waals surface area contributed by atoms with Crippen molar-refractivity contribution in [1.82, 2.24) is 9.55 Å². The number of hydrogen-bond acceptors (Lipinski definition) is 3. The maximum absolute atomic E-state index is 13.5. The number of imidazole rings is 1. The quantitative estimate of drug-likeness (QED) is 0.841. The SMILES string of the molecule is COc1ccc(-c2cnc(N)n2C)cc1F. The summed E-state index contributed by atoms with van der Waals surface area (Å²) >= 11 is 0. The van der Waals surface area contributed by atoms with Crippen molar-refractivity contribution < 1.29 is 9.13 Å². The second-order valence-corrected chi connectivity index (χ2v) is 3.41. The molecule has 4 nitrogen and oxygen atoms in total. The van der Waals surface area contributed by atoms with Crippen LogP contribution in [-0.2, 0) is 7.05 Å². The van der Waals surface area contributed by atoms with Crippen LogP contribution in [0.3, 0.4) is 0 Å². The van der Waals surface area contributed by atoms with E-state index in [1.165, 1.54) is 13.2 Å². The molecule has 0 aliphatic rings. The molecule has 0 fully saturated rings. The number of aromatic nitrogens is 2. The molecule has 16 heavy (non-hydrogen) atoms. The molecule has 84 valence electrons. The first-order valence-corrected chi connectivity index (χ1v) is 4.74. The number of nitrogens with two attached hydrogens (primary N) is 1. The average molecular weight is 221 g/mol. The Morgan fingerprint density at radius 1 is 1.44 bits per heavy atom. The molecule has 0 unspecified atom stereocenters. The van der Waals surface area contributed by atoms with E-state index >= 15 is 0 Å². The number of hydrogen-bond donors (Lipinski definition) is 1. The maximum Gasteiger partial charge on any atom is 0.200 e. The Kier molecular flexibility index (Phi) is 2.52. The van der Waals surface area contributed by atoms with Crippen LogP contribution >= 0.6 is 0 Å². The van der Waals surface area contributed by atoms with Gasteiger partial charge in [-0.3, -0.25) is 0 Å². The number of methoxy groups -OCH3 is 1. The van der Waals surface area contributed by atoms with Gasteiger partial charge in [0.05, 0.1) is 19.0 Å². The number of nitrogens with zero attached hydrogens (tertiary/aromatic N) is 2. The highest BCUT2D eigenvalue weighted by Crippen LogP contribution is 2.25. The summed E-state index contributed by atoms with van der Waals surface area (Å²) in [7, 11) is 3.21. The minimum atomic E-state index is -0.403. The third-order valence-electron chi connectivity index (χ3n) is 2.47. The zero-order valence-electron chi connectivity index (χ0n) is 9.07. The fourth-order valence-corrected chi connectivity index (χ4v) is 1.52. The van der Waals surface area contributed by atoms with Crippen LogP contribution in [0.2, 0.25) is 0 Å². The van der Waals surface area contributed by atoms with E-state index in [0.29, 0.717) is 11.5 Å². The molecule has 0 saturated carbocycles. The van der Waals surface area contributed by atoms with E-state index < -0.39 is 5.82 Å². The second kappa shape index (κ2) is 3.84. The first-order chi connectivity index (χ1) is 7.63. The van der Waals surface area contributed by atoms with Crippen molar-refractivity contribution in [3.8, 4) is 17.0 Å². The highest BCUT2D eigenvalue weighted by Gasteiger charge is 2.09. The van der Waals surface area contributed by atoms with Gasteiger partial charge in [0.15, 0.2) is 17.5 Å². The Labute approximate surface area is 92.5 Å². The number of rotatable bonds is 2. The van der Waals surface area contributed by atoms with Gasteiger partial charge in [-0.05, 0) is 18.2 Å². The molecule has 0 radical (unpaired) electrons. The van der Waals surface area contributed by atoms with E-state index in [-0.39, 0.29) is 5.75 Å². The molecule has 0 spiro atoms.